The van der Waals surface area contributed by atoms with E-state index in [1.165, 1.54) is 13.0 Å². The van der Waals surface area contributed by atoms with Crippen LogP contribution in [0.1, 0.15) is 17.3 Å². The minimum absolute atomic E-state index is 0.312. The summed E-state index contributed by atoms with van der Waals surface area (Å²) in [6, 6.07) is 3.63. The second kappa shape index (κ2) is 4.95. The molecule has 1 aromatic carbocycles. The van der Waals surface area contributed by atoms with Crippen molar-refractivity contribution in [1.29, 1.82) is 0 Å². The van der Waals surface area contributed by atoms with Crippen LogP contribution in [-0.4, -0.2) is 31.1 Å². The molecule has 0 aromatic heterocycles. The quantitative estimate of drug-likeness (QED) is 0.768. The monoisotopic (exact) mass is 250 g/mol. The highest BCUT2D eigenvalue weighted by molar-refractivity contribution is 5.96. The number of aliphatic carboxylic acids is 1. The second-order valence-corrected chi connectivity index (χ2v) is 3.87. The van der Waals surface area contributed by atoms with Gasteiger partial charge in [0.25, 0.3) is 5.91 Å². The fourth-order valence-electron chi connectivity index (χ4n) is 1.52. The van der Waals surface area contributed by atoms with Crippen molar-refractivity contribution in [2.75, 3.05) is 13.2 Å². The number of carboxylic acid groups (broad SMARTS) is 1. The van der Waals surface area contributed by atoms with Gasteiger partial charge < -0.3 is 24.7 Å². The zero-order chi connectivity index (χ0) is 13.1. The van der Waals surface area contributed by atoms with Gasteiger partial charge in [0, 0.05) is 5.56 Å². The SMILES string of the molecule is C[C@H](NC(=O)c1ccc2c(c1)OCCO2)C(=O)[O-]. The number of rotatable bonds is 3. The first-order valence-electron chi connectivity index (χ1n) is 5.49. The van der Waals surface area contributed by atoms with Crippen LogP contribution in [0.4, 0.5) is 0 Å². The molecule has 0 spiro atoms. The van der Waals surface area contributed by atoms with Crippen LogP contribution in [-0.2, 0) is 4.79 Å². The number of fused-ring (bicyclic) bond motifs is 1. The number of carbonyl (C=O) groups excluding carboxylic acids is 2. The molecule has 0 bridgehead atoms. The zero-order valence-corrected chi connectivity index (χ0v) is 9.76. The second-order valence-electron chi connectivity index (χ2n) is 3.87. The van der Waals surface area contributed by atoms with Crippen molar-refractivity contribution >= 4 is 11.9 Å². The van der Waals surface area contributed by atoms with Gasteiger partial charge in [-0.3, -0.25) is 4.79 Å². The van der Waals surface area contributed by atoms with Gasteiger partial charge in [0.15, 0.2) is 11.5 Å². The van der Waals surface area contributed by atoms with Crippen molar-refractivity contribution in [3.63, 3.8) is 0 Å². The van der Waals surface area contributed by atoms with E-state index in [2.05, 4.69) is 5.32 Å². The highest BCUT2D eigenvalue weighted by Crippen LogP contribution is 2.30. The number of hydrogen-bond acceptors (Lipinski definition) is 5. The minimum atomic E-state index is -1.33. The predicted molar refractivity (Wildman–Crippen MR) is 59.4 cm³/mol. The summed E-state index contributed by atoms with van der Waals surface area (Å²) in [6.07, 6.45) is 0. The van der Waals surface area contributed by atoms with Crippen molar-refractivity contribution in [2.24, 2.45) is 0 Å². The van der Waals surface area contributed by atoms with E-state index in [9.17, 15) is 14.7 Å². The standard InChI is InChI=1S/C12H13NO5/c1-7(12(15)16)13-11(14)8-2-3-9-10(6-8)18-5-4-17-9/h2-3,6-7H,4-5H2,1H3,(H,13,14)(H,15,16)/p-1/t7-/m0/s1. The Morgan fingerprint density at radius 3 is 2.61 bits per heavy atom. The Bertz CT molecular complexity index is 485. The highest BCUT2D eigenvalue weighted by atomic mass is 16.6. The molecule has 1 aliphatic rings. The van der Waals surface area contributed by atoms with E-state index in [0.29, 0.717) is 30.3 Å². The van der Waals surface area contributed by atoms with Crippen LogP contribution < -0.4 is 19.9 Å². The first-order chi connectivity index (χ1) is 8.58. The van der Waals surface area contributed by atoms with Gasteiger partial charge in [0.1, 0.15) is 13.2 Å². The van der Waals surface area contributed by atoms with E-state index in [0.717, 1.165) is 0 Å². The number of carbonyl (C=O) groups is 2. The van der Waals surface area contributed by atoms with Gasteiger partial charge in [-0.15, -0.1) is 0 Å². The molecule has 1 heterocycles. The Morgan fingerprint density at radius 2 is 1.94 bits per heavy atom. The summed E-state index contributed by atoms with van der Waals surface area (Å²) >= 11 is 0. The first kappa shape index (κ1) is 12.2. The number of amides is 1. The number of benzene rings is 1. The smallest absolute Gasteiger partial charge is 0.251 e. The molecule has 1 atom stereocenters. The molecular weight excluding hydrogens is 238 g/mol. The maximum Gasteiger partial charge on any atom is 0.251 e. The average Bonchev–Trinajstić information content (AvgIpc) is 2.37. The van der Waals surface area contributed by atoms with Crippen LogP contribution in [0.3, 0.4) is 0 Å². The van der Waals surface area contributed by atoms with Crippen LogP contribution in [0.2, 0.25) is 0 Å². The van der Waals surface area contributed by atoms with Crippen molar-refractivity contribution in [3.8, 4) is 11.5 Å². The first-order valence-corrected chi connectivity index (χ1v) is 5.49. The Kier molecular flexibility index (Phi) is 3.36. The van der Waals surface area contributed by atoms with Crippen molar-refractivity contribution in [3.05, 3.63) is 23.8 Å². The summed E-state index contributed by atoms with van der Waals surface area (Å²) in [7, 11) is 0. The summed E-state index contributed by atoms with van der Waals surface area (Å²) in [4.78, 5) is 22.3. The summed E-state index contributed by atoms with van der Waals surface area (Å²) < 4.78 is 10.6. The predicted octanol–water partition coefficient (Wildman–Crippen LogP) is -0.674. The number of hydrogen-bond donors (Lipinski definition) is 1. The van der Waals surface area contributed by atoms with Gasteiger partial charge in [-0.1, -0.05) is 0 Å². The van der Waals surface area contributed by atoms with Gasteiger partial charge in [-0.2, -0.15) is 0 Å². The third-order valence-corrected chi connectivity index (χ3v) is 2.51. The summed E-state index contributed by atoms with van der Waals surface area (Å²) in [5.41, 5.74) is 0.312. The van der Waals surface area contributed by atoms with E-state index >= 15 is 0 Å². The maximum absolute atomic E-state index is 11.7. The van der Waals surface area contributed by atoms with Crippen LogP contribution in [0, 0.1) is 0 Å². The molecule has 0 fully saturated rings. The van der Waals surface area contributed by atoms with Crippen molar-refractivity contribution < 1.29 is 24.2 Å². The van der Waals surface area contributed by atoms with Gasteiger partial charge in [0.2, 0.25) is 0 Å². The molecule has 0 aliphatic carbocycles. The number of nitrogens with one attached hydrogen (secondary N) is 1. The van der Waals surface area contributed by atoms with Crippen LogP contribution >= 0.6 is 0 Å². The topological polar surface area (TPSA) is 87.7 Å². The lowest BCUT2D eigenvalue weighted by Gasteiger charge is -2.19. The number of ether oxygens (including phenoxy) is 2. The molecule has 0 saturated heterocycles. The minimum Gasteiger partial charge on any atom is -0.548 e. The maximum atomic E-state index is 11.7. The van der Waals surface area contributed by atoms with E-state index in [1.54, 1.807) is 12.1 Å². The lowest BCUT2D eigenvalue weighted by molar-refractivity contribution is -0.307. The van der Waals surface area contributed by atoms with Crippen LogP contribution in [0.25, 0.3) is 0 Å². The van der Waals surface area contributed by atoms with Gasteiger partial charge in [0.05, 0.1) is 12.0 Å². The Balaban J connectivity index is 2.13. The molecule has 0 saturated carbocycles. The summed E-state index contributed by atoms with van der Waals surface area (Å²) in [5.74, 6) is -0.773. The highest BCUT2D eigenvalue weighted by Gasteiger charge is 2.16. The van der Waals surface area contributed by atoms with Gasteiger partial charge in [-0.25, -0.2) is 0 Å². The van der Waals surface area contributed by atoms with E-state index in [1.807, 2.05) is 0 Å². The van der Waals surface area contributed by atoms with Gasteiger partial charge in [-0.05, 0) is 25.1 Å². The molecule has 6 nitrogen and oxygen atoms in total. The molecular formula is C12H12NO5-. The fraction of sp³-hybridized carbons (Fsp3) is 0.333. The average molecular weight is 250 g/mol. The molecule has 96 valence electrons. The number of carboxylic acids is 1. The van der Waals surface area contributed by atoms with Crippen LogP contribution in [0.15, 0.2) is 18.2 Å². The third-order valence-electron chi connectivity index (χ3n) is 2.51. The molecule has 1 aliphatic heterocycles. The molecule has 0 unspecified atom stereocenters. The molecule has 6 heteroatoms. The Morgan fingerprint density at radius 1 is 1.28 bits per heavy atom. The Hall–Kier alpha value is -2.24. The lowest BCUT2D eigenvalue weighted by Crippen LogP contribution is -2.45. The Labute approximate surface area is 104 Å². The zero-order valence-electron chi connectivity index (χ0n) is 9.76. The molecule has 0 radical (unpaired) electrons. The van der Waals surface area contributed by atoms with Gasteiger partial charge >= 0.3 is 0 Å². The lowest BCUT2D eigenvalue weighted by atomic mass is 10.1. The molecule has 18 heavy (non-hydrogen) atoms. The molecule has 2 rings (SSSR count). The molecule has 1 aromatic rings. The van der Waals surface area contributed by atoms with E-state index in [-0.39, 0.29) is 0 Å². The van der Waals surface area contributed by atoms with Crippen molar-refractivity contribution in [1.82, 2.24) is 5.32 Å². The normalized spacial score (nSPS) is 14.7. The summed E-state index contributed by atoms with van der Waals surface area (Å²) in [6.45, 7) is 2.24. The summed E-state index contributed by atoms with van der Waals surface area (Å²) in [5, 5.41) is 12.8. The van der Waals surface area contributed by atoms with Crippen LogP contribution in [0.5, 0.6) is 11.5 Å². The van der Waals surface area contributed by atoms with E-state index < -0.39 is 17.9 Å². The molecule has 1 N–H and O–H groups in total. The fourth-order valence-corrected chi connectivity index (χ4v) is 1.52. The third kappa shape index (κ3) is 2.53. The van der Waals surface area contributed by atoms with E-state index in [4.69, 9.17) is 9.47 Å². The van der Waals surface area contributed by atoms with Crippen molar-refractivity contribution in [2.45, 2.75) is 13.0 Å². The largest absolute Gasteiger partial charge is 0.548 e. The molecule has 1 amide bonds.